The third-order valence-electron chi connectivity index (χ3n) is 5.24. The van der Waals surface area contributed by atoms with Gasteiger partial charge in [-0.25, -0.2) is 4.79 Å². The molecule has 2 aromatic rings. The fraction of sp³-hybridized carbons (Fsp3) is 0.391. The number of benzene rings is 1. The number of esters is 1. The van der Waals surface area contributed by atoms with Gasteiger partial charge in [0.1, 0.15) is 17.5 Å². The molecule has 0 fully saturated rings. The van der Waals surface area contributed by atoms with E-state index in [9.17, 15) is 9.59 Å². The summed E-state index contributed by atoms with van der Waals surface area (Å²) < 4.78 is 10.6. The van der Waals surface area contributed by atoms with Gasteiger partial charge in [0, 0.05) is 30.8 Å². The Morgan fingerprint density at radius 2 is 1.94 bits per heavy atom. The van der Waals surface area contributed by atoms with Gasteiger partial charge in [-0.3, -0.25) is 14.8 Å². The Morgan fingerprint density at radius 1 is 1.23 bits per heavy atom. The van der Waals surface area contributed by atoms with Crippen molar-refractivity contribution in [3.63, 3.8) is 0 Å². The summed E-state index contributed by atoms with van der Waals surface area (Å²) >= 11 is 0. The van der Waals surface area contributed by atoms with Crippen molar-refractivity contribution in [2.45, 2.75) is 39.8 Å². The highest BCUT2D eigenvalue weighted by Gasteiger charge is 2.38. The summed E-state index contributed by atoms with van der Waals surface area (Å²) in [5.74, 6) is 0.111. The van der Waals surface area contributed by atoms with Gasteiger partial charge in [-0.15, -0.1) is 0 Å². The van der Waals surface area contributed by atoms with E-state index in [1.165, 1.54) is 0 Å². The van der Waals surface area contributed by atoms with Crippen molar-refractivity contribution in [3.05, 3.63) is 53.3 Å². The zero-order chi connectivity index (χ0) is 22.5. The molecular weight excluding hydrogens is 396 g/mol. The molecule has 0 spiro atoms. The third-order valence-corrected chi connectivity index (χ3v) is 5.24. The molecule has 0 bridgehead atoms. The Kier molecular flexibility index (Phi) is 6.89. The highest BCUT2D eigenvalue weighted by molar-refractivity contribution is 6.38. The molecule has 1 aromatic heterocycles. The SMILES string of the molecule is CCOC(=O)C1=NN(c2ccccc2)C(C(=O)N(C)Cc2ncc(C)c(OC)c2C)C1. The van der Waals surface area contributed by atoms with Crippen molar-refractivity contribution in [1.29, 1.82) is 0 Å². The number of carbonyl (C=O) groups excluding carboxylic acids is 2. The summed E-state index contributed by atoms with van der Waals surface area (Å²) in [5, 5.41) is 6.02. The van der Waals surface area contributed by atoms with E-state index in [2.05, 4.69) is 10.1 Å². The smallest absolute Gasteiger partial charge is 0.354 e. The molecule has 164 valence electrons. The van der Waals surface area contributed by atoms with Crippen LogP contribution in [-0.4, -0.2) is 54.3 Å². The number of amides is 1. The summed E-state index contributed by atoms with van der Waals surface area (Å²) in [6.45, 7) is 6.17. The Hall–Kier alpha value is -3.42. The average Bonchev–Trinajstić information content (AvgIpc) is 3.22. The Labute approximate surface area is 182 Å². The van der Waals surface area contributed by atoms with Gasteiger partial charge in [-0.2, -0.15) is 5.10 Å². The minimum absolute atomic E-state index is 0.160. The zero-order valence-corrected chi connectivity index (χ0v) is 18.6. The number of hydrazone groups is 1. The standard InChI is InChI=1S/C23H28N4O4/c1-6-31-23(29)18-12-20(27(25-18)17-10-8-7-9-11-17)22(28)26(4)14-19-16(3)21(30-5)15(2)13-24-19/h7-11,13,20H,6,12,14H2,1-5H3. The largest absolute Gasteiger partial charge is 0.496 e. The number of aryl methyl sites for hydroxylation is 1. The molecule has 1 amide bonds. The number of rotatable bonds is 7. The molecule has 0 N–H and O–H groups in total. The lowest BCUT2D eigenvalue weighted by Crippen LogP contribution is -2.43. The highest BCUT2D eigenvalue weighted by atomic mass is 16.5. The lowest BCUT2D eigenvalue weighted by Gasteiger charge is -2.27. The van der Waals surface area contributed by atoms with Crippen LogP contribution >= 0.6 is 0 Å². The van der Waals surface area contributed by atoms with Crippen molar-refractivity contribution < 1.29 is 19.1 Å². The van der Waals surface area contributed by atoms with Crippen molar-refractivity contribution in [2.24, 2.45) is 5.10 Å². The first kappa shape index (κ1) is 22.3. The fourth-order valence-corrected chi connectivity index (χ4v) is 3.65. The summed E-state index contributed by atoms with van der Waals surface area (Å²) in [4.78, 5) is 31.8. The van der Waals surface area contributed by atoms with Gasteiger partial charge in [0.2, 0.25) is 5.91 Å². The molecule has 1 aromatic carbocycles. The fourth-order valence-electron chi connectivity index (χ4n) is 3.65. The van der Waals surface area contributed by atoms with Crippen molar-refractivity contribution in [2.75, 3.05) is 25.8 Å². The summed E-state index contributed by atoms with van der Waals surface area (Å²) in [5.41, 5.74) is 3.57. The number of likely N-dealkylation sites (N-methyl/N-ethyl adjacent to an activating group) is 1. The van der Waals surface area contributed by atoms with Crippen molar-refractivity contribution >= 4 is 23.3 Å². The molecule has 1 aliphatic heterocycles. The van der Waals surface area contributed by atoms with Gasteiger partial charge in [0.15, 0.2) is 0 Å². The van der Waals surface area contributed by atoms with Gasteiger partial charge >= 0.3 is 5.97 Å². The number of pyridine rings is 1. The number of para-hydroxylation sites is 1. The lowest BCUT2D eigenvalue weighted by molar-refractivity contribution is -0.135. The molecule has 8 nitrogen and oxygen atoms in total. The molecule has 3 rings (SSSR count). The summed E-state index contributed by atoms with van der Waals surface area (Å²) in [6.07, 6.45) is 1.92. The van der Waals surface area contributed by atoms with Crippen LogP contribution in [0.3, 0.4) is 0 Å². The van der Waals surface area contributed by atoms with Crippen LogP contribution in [0.25, 0.3) is 0 Å². The van der Waals surface area contributed by atoms with Gasteiger partial charge in [0.25, 0.3) is 0 Å². The van der Waals surface area contributed by atoms with Crippen LogP contribution in [0.4, 0.5) is 5.69 Å². The molecule has 0 saturated heterocycles. The quantitative estimate of drug-likeness (QED) is 0.636. The predicted octanol–water partition coefficient (Wildman–Crippen LogP) is 2.86. The van der Waals surface area contributed by atoms with Gasteiger partial charge in [-0.1, -0.05) is 18.2 Å². The predicted molar refractivity (Wildman–Crippen MR) is 118 cm³/mol. The first-order valence-corrected chi connectivity index (χ1v) is 10.2. The number of aromatic nitrogens is 1. The first-order valence-electron chi connectivity index (χ1n) is 10.2. The topological polar surface area (TPSA) is 84.3 Å². The molecule has 1 aliphatic rings. The second kappa shape index (κ2) is 9.59. The normalized spacial score (nSPS) is 15.5. The monoisotopic (exact) mass is 424 g/mol. The van der Waals surface area contributed by atoms with Crippen LogP contribution in [0, 0.1) is 13.8 Å². The molecule has 0 aliphatic carbocycles. The maximum atomic E-state index is 13.4. The number of anilines is 1. The minimum Gasteiger partial charge on any atom is -0.496 e. The Balaban J connectivity index is 1.84. The van der Waals surface area contributed by atoms with Crippen LogP contribution in [0.5, 0.6) is 5.75 Å². The van der Waals surface area contributed by atoms with Crippen LogP contribution in [0.2, 0.25) is 0 Å². The van der Waals surface area contributed by atoms with Crippen LogP contribution in [0.1, 0.15) is 30.2 Å². The number of methoxy groups -OCH3 is 1. The molecule has 2 heterocycles. The number of hydrogen-bond donors (Lipinski definition) is 0. The van der Waals surface area contributed by atoms with Crippen molar-refractivity contribution in [1.82, 2.24) is 9.88 Å². The second-order valence-corrected chi connectivity index (χ2v) is 7.41. The number of nitrogens with zero attached hydrogens (tertiary/aromatic N) is 4. The molecule has 1 unspecified atom stereocenters. The maximum Gasteiger partial charge on any atom is 0.354 e. The van der Waals surface area contributed by atoms with Crippen LogP contribution < -0.4 is 9.75 Å². The maximum absolute atomic E-state index is 13.4. The van der Waals surface area contributed by atoms with E-state index in [4.69, 9.17) is 9.47 Å². The molecule has 8 heteroatoms. The van der Waals surface area contributed by atoms with E-state index in [1.54, 1.807) is 37.2 Å². The minimum atomic E-state index is -0.639. The number of ether oxygens (including phenoxy) is 2. The van der Waals surface area contributed by atoms with Crippen LogP contribution in [-0.2, 0) is 20.9 Å². The molecular formula is C23H28N4O4. The molecule has 0 radical (unpaired) electrons. The molecule has 1 atom stereocenters. The van der Waals surface area contributed by atoms with E-state index in [-0.39, 0.29) is 24.6 Å². The summed E-state index contributed by atoms with van der Waals surface area (Å²) in [6, 6.07) is 8.69. The Morgan fingerprint density at radius 3 is 2.58 bits per heavy atom. The molecule has 31 heavy (non-hydrogen) atoms. The molecule has 0 saturated carbocycles. The van der Waals surface area contributed by atoms with E-state index < -0.39 is 12.0 Å². The van der Waals surface area contributed by atoms with Gasteiger partial charge in [-0.05, 0) is 32.9 Å². The van der Waals surface area contributed by atoms with Gasteiger partial charge < -0.3 is 14.4 Å². The lowest BCUT2D eigenvalue weighted by atomic mass is 10.1. The van der Waals surface area contributed by atoms with Crippen molar-refractivity contribution in [3.8, 4) is 5.75 Å². The number of carbonyl (C=O) groups is 2. The second-order valence-electron chi connectivity index (χ2n) is 7.41. The van der Waals surface area contributed by atoms with E-state index in [0.29, 0.717) is 6.54 Å². The third kappa shape index (κ3) is 4.68. The number of hydrogen-bond acceptors (Lipinski definition) is 7. The Bertz CT molecular complexity index is 991. The average molecular weight is 425 g/mol. The summed E-state index contributed by atoms with van der Waals surface area (Å²) in [7, 11) is 3.35. The highest BCUT2D eigenvalue weighted by Crippen LogP contribution is 2.28. The van der Waals surface area contributed by atoms with E-state index in [1.807, 2.05) is 44.2 Å². The van der Waals surface area contributed by atoms with Gasteiger partial charge in [0.05, 0.1) is 31.6 Å². The van der Waals surface area contributed by atoms with E-state index >= 15 is 0 Å². The zero-order valence-electron chi connectivity index (χ0n) is 18.6. The van der Waals surface area contributed by atoms with Crippen LogP contribution in [0.15, 0.2) is 41.6 Å². The van der Waals surface area contributed by atoms with E-state index in [0.717, 1.165) is 28.3 Å². The first-order chi connectivity index (χ1) is 14.9.